The predicted molar refractivity (Wildman–Crippen MR) is 74.8 cm³/mol. The number of carbonyl (C=O) groups excluding carboxylic acids is 2. The summed E-state index contributed by atoms with van der Waals surface area (Å²) in [6.45, 7) is 2.24. The van der Waals surface area contributed by atoms with Crippen LogP contribution in [0, 0.1) is 0 Å². The predicted octanol–water partition coefficient (Wildman–Crippen LogP) is -1.98. The van der Waals surface area contributed by atoms with Crippen molar-refractivity contribution in [2.75, 3.05) is 32.3 Å². The number of carbonyl (C=O) groups is 2. The van der Waals surface area contributed by atoms with Gasteiger partial charge in [0, 0.05) is 19.9 Å². The summed E-state index contributed by atoms with van der Waals surface area (Å²) in [5, 5.41) is 5.00. The van der Waals surface area contributed by atoms with E-state index in [0.717, 1.165) is 6.26 Å². The highest BCUT2D eigenvalue weighted by Gasteiger charge is 2.20. The smallest absolute Gasteiger partial charge is 0.242 e. The van der Waals surface area contributed by atoms with Crippen LogP contribution in [0.3, 0.4) is 0 Å². The molecule has 0 aliphatic heterocycles. The van der Waals surface area contributed by atoms with Gasteiger partial charge in [0.2, 0.25) is 11.8 Å². The number of methoxy groups -OCH3 is 1. The van der Waals surface area contributed by atoms with Crippen molar-refractivity contribution in [3.05, 3.63) is 0 Å². The fraction of sp³-hybridized carbons (Fsp3) is 0.818. The van der Waals surface area contributed by atoms with Gasteiger partial charge in [-0.05, 0) is 13.3 Å². The van der Waals surface area contributed by atoms with Crippen molar-refractivity contribution >= 4 is 21.7 Å². The number of nitrogens with two attached hydrogens (primary N) is 1. The summed E-state index contributed by atoms with van der Waals surface area (Å²) in [5.41, 5.74) is 5.57. The minimum Gasteiger partial charge on any atom is -0.383 e. The molecule has 0 bridgehead atoms. The van der Waals surface area contributed by atoms with E-state index < -0.39 is 27.8 Å². The highest BCUT2D eigenvalue weighted by Crippen LogP contribution is 1.95. The van der Waals surface area contributed by atoms with Crippen molar-refractivity contribution < 1.29 is 22.7 Å². The van der Waals surface area contributed by atoms with Gasteiger partial charge in [-0.3, -0.25) is 9.59 Å². The van der Waals surface area contributed by atoms with E-state index in [-0.39, 0.29) is 18.1 Å². The number of nitrogens with one attached hydrogen (secondary N) is 2. The molecule has 0 heterocycles. The largest absolute Gasteiger partial charge is 0.383 e. The van der Waals surface area contributed by atoms with Crippen molar-refractivity contribution in [3.8, 4) is 0 Å². The van der Waals surface area contributed by atoms with Gasteiger partial charge in [-0.25, -0.2) is 8.42 Å². The highest BCUT2D eigenvalue weighted by molar-refractivity contribution is 7.90. The molecule has 0 aromatic rings. The summed E-state index contributed by atoms with van der Waals surface area (Å²) in [7, 11) is -1.65. The fourth-order valence-electron chi connectivity index (χ4n) is 1.29. The molecule has 0 aromatic heterocycles. The maximum Gasteiger partial charge on any atom is 0.242 e. The zero-order chi connectivity index (χ0) is 15.8. The Morgan fingerprint density at radius 2 is 1.90 bits per heavy atom. The second kappa shape index (κ2) is 8.88. The molecule has 2 atom stereocenters. The van der Waals surface area contributed by atoms with Gasteiger partial charge in [-0.1, -0.05) is 0 Å². The monoisotopic (exact) mass is 309 g/mol. The Morgan fingerprint density at radius 3 is 2.40 bits per heavy atom. The Bertz CT molecular complexity index is 424. The lowest BCUT2D eigenvalue weighted by Gasteiger charge is -2.17. The first kappa shape index (κ1) is 18.8. The van der Waals surface area contributed by atoms with Crippen LogP contribution in [0.4, 0.5) is 0 Å². The third kappa shape index (κ3) is 8.83. The summed E-state index contributed by atoms with van der Waals surface area (Å²) >= 11 is 0. The van der Waals surface area contributed by atoms with E-state index in [1.807, 2.05) is 0 Å². The molecule has 0 radical (unpaired) electrons. The van der Waals surface area contributed by atoms with E-state index in [9.17, 15) is 18.0 Å². The molecule has 0 aliphatic rings. The minimum atomic E-state index is -3.17. The summed E-state index contributed by atoms with van der Waals surface area (Å²) in [5.74, 6) is -1.08. The zero-order valence-electron chi connectivity index (χ0n) is 12.0. The molecular formula is C11H23N3O5S. The molecule has 20 heavy (non-hydrogen) atoms. The summed E-state index contributed by atoms with van der Waals surface area (Å²) in [6, 6.07) is -1.71. The van der Waals surface area contributed by atoms with E-state index >= 15 is 0 Å². The molecule has 0 spiro atoms. The van der Waals surface area contributed by atoms with Gasteiger partial charge < -0.3 is 21.1 Å². The molecule has 0 rings (SSSR count). The molecule has 118 valence electrons. The lowest BCUT2D eigenvalue weighted by atomic mass is 10.2. The molecule has 0 saturated carbocycles. The Hall–Kier alpha value is -1.19. The molecule has 2 amide bonds. The van der Waals surface area contributed by atoms with Gasteiger partial charge in [0.1, 0.15) is 15.9 Å². The van der Waals surface area contributed by atoms with Crippen molar-refractivity contribution in [1.29, 1.82) is 0 Å². The van der Waals surface area contributed by atoms with Gasteiger partial charge in [-0.2, -0.15) is 0 Å². The van der Waals surface area contributed by atoms with E-state index in [4.69, 9.17) is 10.5 Å². The first-order valence-corrected chi connectivity index (χ1v) is 8.23. The van der Waals surface area contributed by atoms with Crippen LogP contribution >= 0.6 is 0 Å². The SMILES string of the molecule is COCCNC(=O)C(C)NC(=O)C(N)CCS(C)(=O)=O. The van der Waals surface area contributed by atoms with Crippen molar-refractivity contribution in [3.63, 3.8) is 0 Å². The van der Waals surface area contributed by atoms with Crippen LogP contribution in [-0.4, -0.2) is 64.6 Å². The van der Waals surface area contributed by atoms with Gasteiger partial charge in [0.05, 0.1) is 18.4 Å². The van der Waals surface area contributed by atoms with Crippen molar-refractivity contribution in [1.82, 2.24) is 10.6 Å². The molecule has 0 saturated heterocycles. The Labute approximate surface area is 119 Å². The zero-order valence-corrected chi connectivity index (χ0v) is 12.8. The molecule has 9 heteroatoms. The molecule has 2 unspecified atom stereocenters. The Kier molecular flexibility index (Phi) is 8.35. The molecule has 8 nitrogen and oxygen atoms in total. The van der Waals surface area contributed by atoms with Crippen LogP contribution in [-0.2, 0) is 24.2 Å². The van der Waals surface area contributed by atoms with Gasteiger partial charge >= 0.3 is 0 Å². The van der Waals surface area contributed by atoms with E-state index in [1.54, 1.807) is 0 Å². The van der Waals surface area contributed by atoms with E-state index in [1.165, 1.54) is 14.0 Å². The first-order valence-electron chi connectivity index (χ1n) is 6.17. The standard InChI is InChI=1S/C11H23N3O5S/c1-8(10(15)13-5-6-19-2)14-11(16)9(12)4-7-20(3,17)18/h8-9H,4-7,12H2,1-3H3,(H,13,15)(H,14,16). The molecular weight excluding hydrogens is 286 g/mol. The van der Waals surface area contributed by atoms with E-state index in [0.29, 0.717) is 13.2 Å². The quantitative estimate of drug-likeness (QED) is 0.423. The second-order valence-corrected chi connectivity index (χ2v) is 6.80. The van der Waals surface area contributed by atoms with Crippen LogP contribution in [0.1, 0.15) is 13.3 Å². The number of amides is 2. The number of ether oxygens (including phenoxy) is 1. The third-order valence-corrected chi connectivity index (χ3v) is 3.47. The lowest BCUT2D eigenvalue weighted by molar-refractivity contribution is -0.129. The Balaban J connectivity index is 4.14. The van der Waals surface area contributed by atoms with Crippen LogP contribution in [0.15, 0.2) is 0 Å². The van der Waals surface area contributed by atoms with Gasteiger partial charge in [-0.15, -0.1) is 0 Å². The highest BCUT2D eigenvalue weighted by atomic mass is 32.2. The third-order valence-electron chi connectivity index (χ3n) is 2.49. The van der Waals surface area contributed by atoms with Crippen molar-refractivity contribution in [2.45, 2.75) is 25.4 Å². The Morgan fingerprint density at radius 1 is 1.30 bits per heavy atom. The topological polar surface area (TPSA) is 128 Å². The number of hydrogen-bond donors (Lipinski definition) is 3. The molecule has 0 fully saturated rings. The summed E-state index contributed by atoms with van der Waals surface area (Å²) in [4.78, 5) is 23.2. The number of rotatable bonds is 9. The van der Waals surface area contributed by atoms with Crippen LogP contribution < -0.4 is 16.4 Å². The second-order valence-electron chi connectivity index (χ2n) is 4.54. The molecule has 0 aromatic carbocycles. The van der Waals surface area contributed by atoms with E-state index in [2.05, 4.69) is 10.6 Å². The average Bonchev–Trinajstić information content (AvgIpc) is 2.34. The molecule has 0 aliphatic carbocycles. The van der Waals surface area contributed by atoms with Crippen molar-refractivity contribution in [2.24, 2.45) is 5.73 Å². The first-order chi connectivity index (χ1) is 9.17. The summed E-state index contributed by atoms with van der Waals surface area (Å²) < 4.78 is 26.7. The average molecular weight is 309 g/mol. The maximum absolute atomic E-state index is 11.7. The lowest BCUT2D eigenvalue weighted by Crippen LogP contribution is -2.50. The van der Waals surface area contributed by atoms with Crippen LogP contribution in [0.2, 0.25) is 0 Å². The maximum atomic E-state index is 11.7. The van der Waals surface area contributed by atoms with Crippen LogP contribution in [0.25, 0.3) is 0 Å². The summed E-state index contributed by atoms with van der Waals surface area (Å²) in [6.07, 6.45) is 1.09. The van der Waals surface area contributed by atoms with Gasteiger partial charge in [0.25, 0.3) is 0 Å². The number of sulfone groups is 1. The molecule has 4 N–H and O–H groups in total. The minimum absolute atomic E-state index is 0.0165. The fourth-order valence-corrected chi connectivity index (χ4v) is 1.97. The van der Waals surface area contributed by atoms with Gasteiger partial charge in [0.15, 0.2) is 0 Å². The number of hydrogen-bond acceptors (Lipinski definition) is 6. The van der Waals surface area contributed by atoms with Crippen LogP contribution in [0.5, 0.6) is 0 Å². The normalized spacial score (nSPS) is 14.4.